The van der Waals surface area contributed by atoms with Crippen molar-refractivity contribution < 1.29 is 9.59 Å². The van der Waals surface area contributed by atoms with E-state index in [9.17, 15) is 9.59 Å². The third-order valence-corrected chi connectivity index (χ3v) is 5.20. The molecule has 126 valence electrons. The van der Waals surface area contributed by atoms with Crippen molar-refractivity contribution in [3.63, 3.8) is 0 Å². The first-order valence-corrected chi connectivity index (χ1v) is 9.14. The number of hydrogen-bond donors (Lipinski definition) is 2. The molecule has 0 saturated heterocycles. The SMILES string of the molecule is CCC(CC)C(=O)NCc1nc(-c2ccc3c(c2)CC(=O)N3)cs1. The van der Waals surface area contributed by atoms with Gasteiger partial charge in [-0.15, -0.1) is 11.3 Å². The fourth-order valence-corrected chi connectivity index (χ4v) is 3.62. The summed E-state index contributed by atoms with van der Waals surface area (Å²) in [6.07, 6.45) is 2.13. The molecular formula is C18H21N3O2S. The van der Waals surface area contributed by atoms with Gasteiger partial charge in [0.2, 0.25) is 11.8 Å². The van der Waals surface area contributed by atoms with Gasteiger partial charge in [0.15, 0.2) is 0 Å². The second kappa shape index (κ2) is 7.13. The van der Waals surface area contributed by atoms with Crippen LogP contribution in [-0.2, 0) is 22.6 Å². The molecule has 2 heterocycles. The summed E-state index contributed by atoms with van der Waals surface area (Å²) >= 11 is 1.54. The van der Waals surface area contributed by atoms with Gasteiger partial charge in [0.25, 0.3) is 0 Å². The van der Waals surface area contributed by atoms with Crippen molar-refractivity contribution in [1.82, 2.24) is 10.3 Å². The number of carbonyl (C=O) groups excluding carboxylic acids is 2. The minimum atomic E-state index is 0.0326. The predicted molar refractivity (Wildman–Crippen MR) is 95.8 cm³/mol. The zero-order valence-electron chi connectivity index (χ0n) is 13.9. The molecule has 0 fully saturated rings. The van der Waals surface area contributed by atoms with E-state index in [1.165, 1.54) is 11.3 Å². The lowest BCUT2D eigenvalue weighted by Crippen LogP contribution is -2.29. The molecule has 1 aromatic carbocycles. The van der Waals surface area contributed by atoms with Gasteiger partial charge in [-0.2, -0.15) is 0 Å². The zero-order valence-corrected chi connectivity index (χ0v) is 14.7. The van der Waals surface area contributed by atoms with E-state index in [0.717, 1.165) is 40.4 Å². The van der Waals surface area contributed by atoms with Crippen LogP contribution in [0.25, 0.3) is 11.3 Å². The van der Waals surface area contributed by atoms with Crippen LogP contribution in [-0.4, -0.2) is 16.8 Å². The summed E-state index contributed by atoms with van der Waals surface area (Å²) in [5.74, 6) is 0.204. The minimum Gasteiger partial charge on any atom is -0.349 e. The van der Waals surface area contributed by atoms with Crippen LogP contribution >= 0.6 is 11.3 Å². The summed E-state index contributed by atoms with van der Waals surface area (Å²) in [6, 6.07) is 5.89. The second-order valence-electron chi connectivity index (χ2n) is 5.95. The van der Waals surface area contributed by atoms with Crippen molar-refractivity contribution >= 4 is 28.8 Å². The smallest absolute Gasteiger partial charge is 0.228 e. The number of aromatic nitrogens is 1. The van der Waals surface area contributed by atoms with E-state index in [2.05, 4.69) is 15.6 Å². The van der Waals surface area contributed by atoms with Gasteiger partial charge in [-0.3, -0.25) is 9.59 Å². The Hall–Kier alpha value is -2.21. The maximum Gasteiger partial charge on any atom is 0.228 e. The van der Waals surface area contributed by atoms with E-state index in [0.29, 0.717) is 13.0 Å². The van der Waals surface area contributed by atoms with E-state index in [4.69, 9.17) is 0 Å². The van der Waals surface area contributed by atoms with Gasteiger partial charge in [0, 0.05) is 22.5 Å². The summed E-state index contributed by atoms with van der Waals surface area (Å²) in [6.45, 7) is 4.52. The standard InChI is InChI=1S/C18H21N3O2S/c1-3-11(4-2)18(23)19-9-17-21-15(10-24-17)12-5-6-14-13(7-12)8-16(22)20-14/h5-7,10-11H,3-4,8-9H2,1-2H3,(H,19,23)(H,20,22). The summed E-state index contributed by atoms with van der Waals surface area (Å²) in [4.78, 5) is 28.1. The molecule has 0 spiro atoms. The van der Waals surface area contributed by atoms with Gasteiger partial charge in [-0.1, -0.05) is 19.9 Å². The van der Waals surface area contributed by atoms with Crippen LogP contribution < -0.4 is 10.6 Å². The second-order valence-corrected chi connectivity index (χ2v) is 6.90. The molecule has 0 unspecified atom stereocenters. The highest BCUT2D eigenvalue weighted by Crippen LogP contribution is 2.29. The Kier molecular flexibility index (Phi) is 4.94. The van der Waals surface area contributed by atoms with Crippen molar-refractivity contribution in [3.05, 3.63) is 34.2 Å². The normalized spacial score (nSPS) is 13.0. The number of thiazole rings is 1. The highest BCUT2D eigenvalue weighted by Gasteiger charge is 2.18. The fourth-order valence-electron chi connectivity index (χ4n) is 2.88. The highest BCUT2D eigenvalue weighted by molar-refractivity contribution is 7.09. The Labute approximate surface area is 145 Å². The molecule has 1 aliphatic rings. The van der Waals surface area contributed by atoms with E-state index in [-0.39, 0.29) is 17.7 Å². The molecule has 5 nitrogen and oxygen atoms in total. The highest BCUT2D eigenvalue weighted by atomic mass is 32.1. The Morgan fingerprint density at radius 1 is 1.38 bits per heavy atom. The van der Waals surface area contributed by atoms with Crippen LogP contribution in [0.15, 0.2) is 23.6 Å². The molecule has 2 N–H and O–H groups in total. The molecule has 0 radical (unpaired) electrons. The molecule has 1 aromatic heterocycles. The Balaban J connectivity index is 1.67. The lowest BCUT2D eigenvalue weighted by Gasteiger charge is -2.11. The van der Waals surface area contributed by atoms with Gasteiger partial charge in [0.05, 0.1) is 18.7 Å². The molecule has 2 aromatic rings. The molecule has 6 heteroatoms. The lowest BCUT2D eigenvalue weighted by molar-refractivity contribution is -0.125. The van der Waals surface area contributed by atoms with Crippen molar-refractivity contribution in [2.75, 3.05) is 5.32 Å². The first kappa shape index (κ1) is 16.6. The van der Waals surface area contributed by atoms with Gasteiger partial charge < -0.3 is 10.6 Å². The number of nitrogens with one attached hydrogen (secondary N) is 2. The number of carbonyl (C=O) groups is 2. The summed E-state index contributed by atoms with van der Waals surface area (Å²) in [5, 5.41) is 8.68. The molecule has 0 bridgehead atoms. The van der Waals surface area contributed by atoms with Crippen molar-refractivity contribution in [2.24, 2.45) is 5.92 Å². The number of amides is 2. The average Bonchev–Trinajstić information content (AvgIpc) is 3.18. The topological polar surface area (TPSA) is 71.1 Å². The molecule has 1 aliphatic heterocycles. The first-order valence-electron chi connectivity index (χ1n) is 8.26. The molecule has 0 atom stereocenters. The van der Waals surface area contributed by atoms with Gasteiger partial charge >= 0.3 is 0 Å². The largest absolute Gasteiger partial charge is 0.349 e. The molecular weight excluding hydrogens is 322 g/mol. The fraction of sp³-hybridized carbons (Fsp3) is 0.389. The van der Waals surface area contributed by atoms with Gasteiger partial charge in [-0.25, -0.2) is 4.98 Å². The van der Waals surface area contributed by atoms with Crippen LogP contribution in [0.5, 0.6) is 0 Å². The summed E-state index contributed by atoms with van der Waals surface area (Å²) in [7, 11) is 0. The summed E-state index contributed by atoms with van der Waals surface area (Å²) < 4.78 is 0. The Bertz CT molecular complexity index is 765. The van der Waals surface area contributed by atoms with Crippen LogP contribution in [0.3, 0.4) is 0 Å². The number of rotatable bonds is 6. The lowest BCUT2D eigenvalue weighted by atomic mass is 10.0. The molecule has 2 amide bonds. The summed E-state index contributed by atoms with van der Waals surface area (Å²) in [5.41, 5.74) is 3.78. The average molecular weight is 343 g/mol. The maximum absolute atomic E-state index is 12.0. The third-order valence-electron chi connectivity index (χ3n) is 4.35. The zero-order chi connectivity index (χ0) is 17.1. The van der Waals surface area contributed by atoms with Gasteiger partial charge in [-0.05, 0) is 30.5 Å². The van der Waals surface area contributed by atoms with Crippen molar-refractivity contribution in [1.29, 1.82) is 0 Å². The van der Waals surface area contributed by atoms with Crippen LogP contribution in [0.4, 0.5) is 5.69 Å². The van der Waals surface area contributed by atoms with Crippen molar-refractivity contribution in [3.8, 4) is 11.3 Å². The molecule has 0 aliphatic carbocycles. The number of fused-ring (bicyclic) bond motifs is 1. The van der Waals surface area contributed by atoms with Crippen LogP contribution in [0.2, 0.25) is 0 Å². The van der Waals surface area contributed by atoms with E-state index in [1.54, 1.807) is 0 Å². The Morgan fingerprint density at radius 2 is 2.17 bits per heavy atom. The van der Waals surface area contributed by atoms with Crippen molar-refractivity contribution in [2.45, 2.75) is 39.7 Å². The maximum atomic E-state index is 12.0. The number of benzene rings is 1. The third kappa shape index (κ3) is 3.48. The van der Waals surface area contributed by atoms with Crippen LogP contribution in [0, 0.1) is 5.92 Å². The number of anilines is 1. The molecule has 24 heavy (non-hydrogen) atoms. The molecule has 0 saturated carbocycles. The first-order chi connectivity index (χ1) is 11.6. The monoisotopic (exact) mass is 343 g/mol. The Morgan fingerprint density at radius 3 is 2.92 bits per heavy atom. The van der Waals surface area contributed by atoms with Gasteiger partial charge in [0.1, 0.15) is 5.01 Å². The molecule has 3 rings (SSSR count). The minimum absolute atomic E-state index is 0.0326. The van der Waals surface area contributed by atoms with Crippen LogP contribution in [0.1, 0.15) is 37.3 Å². The van der Waals surface area contributed by atoms with E-state index < -0.39 is 0 Å². The van der Waals surface area contributed by atoms with E-state index >= 15 is 0 Å². The predicted octanol–water partition coefficient (Wildman–Crippen LogP) is 3.36. The number of hydrogen-bond acceptors (Lipinski definition) is 4. The quantitative estimate of drug-likeness (QED) is 0.845. The number of nitrogens with zero attached hydrogens (tertiary/aromatic N) is 1. The van der Waals surface area contributed by atoms with E-state index in [1.807, 2.05) is 37.4 Å².